The first-order valence-electron chi connectivity index (χ1n) is 4.24. The fourth-order valence-corrected chi connectivity index (χ4v) is 2.64. The minimum Gasteiger partial charge on any atom is -0.496 e. The minimum absolute atomic E-state index is 0.273. The van der Waals surface area contributed by atoms with E-state index in [-0.39, 0.29) is 5.82 Å². The second kappa shape index (κ2) is 4.10. The maximum absolute atomic E-state index is 13.7. The predicted octanol–water partition coefficient (Wildman–Crippen LogP) is 4.51. The molecule has 0 aliphatic carbocycles. The highest BCUT2D eigenvalue weighted by molar-refractivity contribution is 9.11. The average molecular weight is 334 g/mol. The Morgan fingerprint density at radius 2 is 1.93 bits per heavy atom. The summed E-state index contributed by atoms with van der Waals surface area (Å²) >= 11 is 6.59. The van der Waals surface area contributed by atoms with Gasteiger partial charge in [-0.2, -0.15) is 0 Å². The molecule has 2 aromatic rings. The van der Waals surface area contributed by atoms with Gasteiger partial charge in [0.05, 0.1) is 11.6 Å². The van der Waals surface area contributed by atoms with Crippen LogP contribution in [0.15, 0.2) is 33.2 Å². The highest BCUT2D eigenvalue weighted by Crippen LogP contribution is 2.35. The molecule has 0 spiro atoms. The van der Waals surface area contributed by atoms with Crippen molar-refractivity contribution in [1.82, 2.24) is 0 Å². The SMILES string of the molecule is COc1ccc2cc(Br)cc(F)c2c1Br. The van der Waals surface area contributed by atoms with Crippen molar-refractivity contribution in [3.8, 4) is 5.75 Å². The van der Waals surface area contributed by atoms with E-state index in [9.17, 15) is 4.39 Å². The van der Waals surface area contributed by atoms with Gasteiger partial charge in [0, 0.05) is 9.86 Å². The van der Waals surface area contributed by atoms with Gasteiger partial charge in [-0.05, 0) is 39.5 Å². The van der Waals surface area contributed by atoms with E-state index in [4.69, 9.17) is 4.74 Å². The number of ether oxygens (including phenoxy) is 1. The Kier molecular flexibility index (Phi) is 2.98. The number of fused-ring (bicyclic) bond motifs is 1. The molecule has 0 aliphatic rings. The van der Waals surface area contributed by atoms with Crippen LogP contribution in [-0.2, 0) is 0 Å². The zero-order valence-corrected chi connectivity index (χ0v) is 11.0. The number of benzene rings is 2. The normalized spacial score (nSPS) is 10.7. The molecule has 1 nitrogen and oxygen atoms in total. The Hall–Kier alpha value is -0.610. The van der Waals surface area contributed by atoms with Crippen molar-refractivity contribution in [2.75, 3.05) is 7.11 Å². The summed E-state index contributed by atoms with van der Waals surface area (Å²) in [6.45, 7) is 0. The topological polar surface area (TPSA) is 9.23 Å². The summed E-state index contributed by atoms with van der Waals surface area (Å²) in [4.78, 5) is 0. The monoisotopic (exact) mass is 332 g/mol. The molecule has 0 heterocycles. The molecule has 78 valence electrons. The highest BCUT2D eigenvalue weighted by atomic mass is 79.9. The largest absolute Gasteiger partial charge is 0.496 e. The molecule has 0 saturated carbocycles. The van der Waals surface area contributed by atoms with Crippen molar-refractivity contribution in [2.24, 2.45) is 0 Å². The number of hydrogen-bond acceptors (Lipinski definition) is 1. The van der Waals surface area contributed by atoms with E-state index in [1.54, 1.807) is 13.2 Å². The molecule has 0 aromatic heterocycles. The van der Waals surface area contributed by atoms with E-state index in [1.807, 2.05) is 12.1 Å². The van der Waals surface area contributed by atoms with E-state index < -0.39 is 0 Å². The molecule has 0 aliphatic heterocycles. The third-order valence-electron chi connectivity index (χ3n) is 2.16. The van der Waals surface area contributed by atoms with Crippen molar-refractivity contribution < 1.29 is 9.13 Å². The molecule has 0 unspecified atom stereocenters. The molecular weight excluding hydrogens is 327 g/mol. The van der Waals surface area contributed by atoms with E-state index in [0.29, 0.717) is 15.6 Å². The first kappa shape index (κ1) is 10.9. The third kappa shape index (κ3) is 1.88. The van der Waals surface area contributed by atoms with Crippen LogP contribution in [0.5, 0.6) is 5.75 Å². The summed E-state index contributed by atoms with van der Waals surface area (Å²) in [5, 5.41) is 1.37. The summed E-state index contributed by atoms with van der Waals surface area (Å²) in [6.07, 6.45) is 0. The molecule has 4 heteroatoms. The predicted molar refractivity (Wildman–Crippen MR) is 65.9 cm³/mol. The van der Waals surface area contributed by atoms with Gasteiger partial charge in [0.25, 0.3) is 0 Å². The summed E-state index contributed by atoms with van der Waals surface area (Å²) < 4.78 is 20.2. The summed E-state index contributed by atoms with van der Waals surface area (Å²) in [6, 6.07) is 6.93. The van der Waals surface area contributed by atoms with Crippen molar-refractivity contribution in [3.05, 3.63) is 39.0 Å². The number of rotatable bonds is 1. The number of methoxy groups -OCH3 is 1. The standard InChI is InChI=1S/C11H7Br2FO/c1-15-9-3-2-6-4-7(12)5-8(14)10(6)11(9)13/h2-5H,1H3. The van der Waals surface area contributed by atoms with Crippen molar-refractivity contribution in [3.63, 3.8) is 0 Å². The molecule has 0 saturated heterocycles. The fraction of sp³-hybridized carbons (Fsp3) is 0.0909. The number of hydrogen-bond donors (Lipinski definition) is 0. The third-order valence-corrected chi connectivity index (χ3v) is 3.40. The average Bonchev–Trinajstić information content (AvgIpc) is 2.17. The maximum Gasteiger partial charge on any atom is 0.133 e. The van der Waals surface area contributed by atoms with Gasteiger partial charge >= 0.3 is 0 Å². The van der Waals surface area contributed by atoms with Crippen LogP contribution < -0.4 is 4.74 Å². The lowest BCUT2D eigenvalue weighted by Gasteiger charge is -2.08. The number of halogens is 3. The van der Waals surface area contributed by atoms with Gasteiger partial charge < -0.3 is 4.74 Å². The van der Waals surface area contributed by atoms with Crippen LogP contribution in [0.2, 0.25) is 0 Å². The molecule has 2 rings (SSSR count). The maximum atomic E-state index is 13.7. The van der Waals surface area contributed by atoms with Gasteiger partial charge in [-0.25, -0.2) is 4.39 Å². The van der Waals surface area contributed by atoms with E-state index in [2.05, 4.69) is 31.9 Å². The Labute approximate surface area is 103 Å². The Balaban J connectivity index is 2.87. The van der Waals surface area contributed by atoms with Crippen LogP contribution in [0.3, 0.4) is 0 Å². The van der Waals surface area contributed by atoms with Crippen molar-refractivity contribution in [1.29, 1.82) is 0 Å². The molecule has 0 N–H and O–H groups in total. The second-order valence-electron chi connectivity index (χ2n) is 3.07. The smallest absolute Gasteiger partial charge is 0.133 e. The molecule has 0 atom stereocenters. The van der Waals surface area contributed by atoms with E-state index >= 15 is 0 Å². The van der Waals surface area contributed by atoms with Gasteiger partial charge in [0.15, 0.2) is 0 Å². The van der Waals surface area contributed by atoms with Gasteiger partial charge in [-0.1, -0.05) is 22.0 Å². The van der Waals surface area contributed by atoms with Crippen LogP contribution in [0, 0.1) is 5.82 Å². The highest BCUT2D eigenvalue weighted by Gasteiger charge is 2.10. The van der Waals surface area contributed by atoms with Gasteiger partial charge in [-0.3, -0.25) is 0 Å². The summed E-state index contributed by atoms with van der Waals surface area (Å²) in [5.74, 6) is 0.355. The lowest BCUT2D eigenvalue weighted by Crippen LogP contribution is -1.88. The molecular formula is C11H7Br2FO. The fourth-order valence-electron chi connectivity index (χ4n) is 1.48. The molecule has 0 fully saturated rings. The van der Waals surface area contributed by atoms with Crippen LogP contribution in [0.25, 0.3) is 10.8 Å². The van der Waals surface area contributed by atoms with Crippen LogP contribution >= 0.6 is 31.9 Å². The second-order valence-corrected chi connectivity index (χ2v) is 4.78. The molecule has 0 bridgehead atoms. The van der Waals surface area contributed by atoms with Gasteiger partial charge in [0.1, 0.15) is 11.6 Å². The Morgan fingerprint density at radius 1 is 1.20 bits per heavy atom. The van der Waals surface area contributed by atoms with E-state index in [1.165, 1.54) is 6.07 Å². The van der Waals surface area contributed by atoms with E-state index in [0.717, 1.165) is 9.86 Å². The molecule has 2 aromatic carbocycles. The summed E-state index contributed by atoms with van der Waals surface area (Å²) in [7, 11) is 1.56. The van der Waals surface area contributed by atoms with Gasteiger partial charge in [-0.15, -0.1) is 0 Å². The van der Waals surface area contributed by atoms with Gasteiger partial charge in [0.2, 0.25) is 0 Å². The lowest BCUT2D eigenvalue weighted by molar-refractivity contribution is 0.412. The van der Waals surface area contributed by atoms with Crippen LogP contribution in [0.4, 0.5) is 4.39 Å². The Bertz CT molecular complexity index is 525. The zero-order chi connectivity index (χ0) is 11.0. The molecule has 0 amide bonds. The summed E-state index contributed by atoms with van der Waals surface area (Å²) in [5.41, 5.74) is 0. The van der Waals surface area contributed by atoms with Crippen LogP contribution in [-0.4, -0.2) is 7.11 Å². The minimum atomic E-state index is -0.273. The first-order valence-corrected chi connectivity index (χ1v) is 5.83. The zero-order valence-electron chi connectivity index (χ0n) is 7.85. The molecule has 15 heavy (non-hydrogen) atoms. The van der Waals surface area contributed by atoms with Crippen LogP contribution in [0.1, 0.15) is 0 Å². The quantitative estimate of drug-likeness (QED) is 0.746. The first-order chi connectivity index (χ1) is 7.13. The molecule has 0 radical (unpaired) electrons. The lowest BCUT2D eigenvalue weighted by atomic mass is 10.1. The van der Waals surface area contributed by atoms with Crippen molar-refractivity contribution >= 4 is 42.6 Å². The Morgan fingerprint density at radius 3 is 2.60 bits per heavy atom. The van der Waals surface area contributed by atoms with Crippen molar-refractivity contribution in [2.45, 2.75) is 0 Å².